The van der Waals surface area contributed by atoms with E-state index in [1.54, 1.807) is 0 Å². The molecule has 0 aliphatic heterocycles. The van der Waals surface area contributed by atoms with Gasteiger partial charge in [-0.15, -0.1) is 0 Å². The summed E-state index contributed by atoms with van der Waals surface area (Å²) >= 11 is 0. The second-order valence-electron chi connectivity index (χ2n) is 5.99. The summed E-state index contributed by atoms with van der Waals surface area (Å²) in [5.74, 6) is 0.800. The van der Waals surface area contributed by atoms with Crippen LogP contribution in [0, 0.1) is 27.7 Å². The largest absolute Gasteiger partial charge is 0.310 e. The monoisotopic (exact) mass is 282 g/mol. The van der Waals surface area contributed by atoms with E-state index < -0.39 is 0 Å². The zero-order chi connectivity index (χ0) is 15.0. The molecule has 4 nitrogen and oxygen atoms in total. The van der Waals surface area contributed by atoms with E-state index in [1.807, 2.05) is 26.0 Å². The number of nitrogens with zero attached hydrogens (tertiary/aromatic N) is 3. The highest BCUT2D eigenvalue weighted by atomic mass is 15.0. The molecule has 0 aromatic carbocycles. The van der Waals surface area contributed by atoms with Crippen molar-refractivity contribution in [2.24, 2.45) is 0 Å². The molecule has 0 unspecified atom stereocenters. The average molecular weight is 282 g/mol. The number of rotatable bonds is 4. The van der Waals surface area contributed by atoms with Crippen LogP contribution in [0.15, 0.2) is 12.1 Å². The first-order valence-electron chi connectivity index (χ1n) is 7.56. The lowest BCUT2D eigenvalue weighted by atomic mass is 10.1. The predicted molar refractivity (Wildman–Crippen MR) is 84.1 cm³/mol. The van der Waals surface area contributed by atoms with E-state index in [4.69, 9.17) is 9.97 Å². The molecule has 21 heavy (non-hydrogen) atoms. The van der Waals surface area contributed by atoms with E-state index >= 15 is 0 Å². The molecular formula is C17H22N4. The Morgan fingerprint density at radius 2 is 1.52 bits per heavy atom. The van der Waals surface area contributed by atoms with E-state index in [0.29, 0.717) is 6.04 Å². The van der Waals surface area contributed by atoms with Gasteiger partial charge in [-0.2, -0.15) is 0 Å². The predicted octanol–water partition coefficient (Wildman–Crippen LogP) is 3.02. The van der Waals surface area contributed by atoms with Gasteiger partial charge in [-0.05, 0) is 52.7 Å². The second kappa shape index (κ2) is 5.53. The van der Waals surface area contributed by atoms with Crippen molar-refractivity contribution in [2.45, 2.75) is 53.1 Å². The minimum Gasteiger partial charge on any atom is -0.310 e. The third-order valence-electron chi connectivity index (χ3n) is 3.91. The van der Waals surface area contributed by atoms with Crippen molar-refractivity contribution in [3.05, 3.63) is 40.5 Å². The average Bonchev–Trinajstić information content (AvgIpc) is 3.20. The first-order valence-corrected chi connectivity index (χ1v) is 7.56. The molecule has 0 saturated heterocycles. The summed E-state index contributed by atoms with van der Waals surface area (Å²) in [6.45, 7) is 9.03. The molecule has 0 radical (unpaired) electrons. The minimum atomic E-state index is 0.703. The first kappa shape index (κ1) is 14.1. The number of aryl methyl sites for hydroxylation is 4. The second-order valence-corrected chi connectivity index (χ2v) is 5.99. The molecule has 1 aliphatic carbocycles. The van der Waals surface area contributed by atoms with Crippen molar-refractivity contribution in [1.29, 1.82) is 0 Å². The summed E-state index contributed by atoms with van der Waals surface area (Å²) in [7, 11) is 0. The van der Waals surface area contributed by atoms with Gasteiger partial charge in [-0.3, -0.25) is 4.98 Å². The third-order valence-corrected chi connectivity index (χ3v) is 3.91. The van der Waals surface area contributed by atoms with E-state index in [1.165, 1.54) is 18.4 Å². The van der Waals surface area contributed by atoms with Crippen molar-refractivity contribution < 1.29 is 0 Å². The maximum Gasteiger partial charge on any atom is 0.159 e. The molecule has 0 bridgehead atoms. The smallest absolute Gasteiger partial charge is 0.159 e. The van der Waals surface area contributed by atoms with E-state index in [2.05, 4.69) is 24.1 Å². The van der Waals surface area contributed by atoms with Gasteiger partial charge >= 0.3 is 0 Å². The highest BCUT2D eigenvalue weighted by Crippen LogP contribution is 2.22. The summed E-state index contributed by atoms with van der Waals surface area (Å²) in [6.07, 6.45) is 2.60. The highest BCUT2D eigenvalue weighted by molar-refractivity contribution is 5.56. The molecular weight excluding hydrogens is 260 g/mol. The van der Waals surface area contributed by atoms with E-state index in [9.17, 15) is 0 Å². The summed E-state index contributed by atoms with van der Waals surface area (Å²) < 4.78 is 0. The Bertz CT molecular complexity index is 631. The van der Waals surface area contributed by atoms with Crippen LogP contribution < -0.4 is 5.32 Å². The molecule has 2 aromatic rings. The summed E-state index contributed by atoms with van der Waals surface area (Å²) in [4.78, 5) is 13.8. The Labute approximate surface area is 126 Å². The standard InChI is InChI=1S/C17H22N4/c1-10-7-14(8-11(2)19-10)17-20-12(3)16(13(4)21-17)9-18-15-5-6-15/h7-8,15,18H,5-6,9H2,1-4H3. The quantitative estimate of drug-likeness (QED) is 0.936. The number of nitrogens with one attached hydrogen (secondary N) is 1. The first-order chi connectivity index (χ1) is 10.0. The molecule has 2 aromatic heterocycles. The molecule has 0 amide bonds. The maximum absolute atomic E-state index is 4.71. The van der Waals surface area contributed by atoms with Crippen molar-refractivity contribution >= 4 is 0 Å². The Hall–Kier alpha value is -1.81. The summed E-state index contributed by atoms with van der Waals surface area (Å²) in [6, 6.07) is 4.79. The Morgan fingerprint density at radius 3 is 2.05 bits per heavy atom. The normalized spacial score (nSPS) is 14.5. The van der Waals surface area contributed by atoms with Crippen molar-refractivity contribution in [1.82, 2.24) is 20.3 Å². The van der Waals surface area contributed by atoms with E-state index in [-0.39, 0.29) is 0 Å². The van der Waals surface area contributed by atoms with Gasteiger partial charge in [0.15, 0.2) is 5.82 Å². The van der Waals surface area contributed by atoms with Crippen LogP contribution in [-0.2, 0) is 6.54 Å². The molecule has 1 aliphatic rings. The van der Waals surface area contributed by atoms with Gasteiger partial charge < -0.3 is 5.32 Å². The highest BCUT2D eigenvalue weighted by Gasteiger charge is 2.21. The van der Waals surface area contributed by atoms with Crippen LogP contribution in [0.4, 0.5) is 0 Å². The lowest BCUT2D eigenvalue weighted by Crippen LogP contribution is -2.18. The topological polar surface area (TPSA) is 50.7 Å². The lowest BCUT2D eigenvalue weighted by molar-refractivity contribution is 0.675. The fourth-order valence-corrected chi connectivity index (χ4v) is 2.62. The molecule has 2 heterocycles. The van der Waals surface area contributed by atoms with Crippen LogP contribution in [0.25, 0.3) is 11.4 Å². The molecule has 0 spiro atoms. The SMILES string of the molecule is Cc1cc(-c2nc(C)c(CNC3CC3)c(C)n2)cc(C)n1. The van der Waals surface area contributed by atoms with Gasteiger partial charge in [0.25, 0.3) is 0 Å². The lowest BCUT2D eigenvalue weighted by Gasteiger charge is -2.12. The van der Waals surface area contributed by atoms with Crippen LogP contribution in [-0.4, -0.2) is 21.0 Å². The maximum atomic E-state index is 4.71. The van der Waals surface area contributed by atoms with Gasteiger partial charge in [-0.25, -0.2) is 9.97 Å². The molecule has 1 saturated carbocycles. The third kappa shape index (κ3) is 3.27. The number of hydrogen-bond donors (Lipinski definition) is 1. The molecule has 110 valence electrons. The Morgan fingerprint density at radius 1 is 0.952 bits per heavy atom. The van der Waals surface area contributed by atoms with Crippen LogP contribution in [0.5, 0.6) is 0 Å². The van der Waals surface area contributed by atoms with Crippen LogP contribution in [0.1, 0.15) is 41.2 Å². The number of pyridine rings is 1. The summed E-state index contributed by atoms with van der Waals surface area (Å²) in [5, 5.41) is 3.54. The van der Waals surface area contributed by atoms with Gasteiger partial charge in [-0.1, -0.05) is 0 Å². The van der Waals surface area contributed by atoms with Crippen LogP contribution >= 0.6 is 0 Å². The Kier molecular flexibility index (Phi) is 3.72. The van der Waals surface area contributed by atoms with Crippen molar-refractivity contribution in [2.75, 3.05) is 0 Å². The van der Waals surface area contributed by atoms with Gasteiger partial charge in [0, 0.05) is 46.5 Å². The summed E-state index contributed by atoms with van der Waals surface area (Å²) in [5.41, 5.74) is 6.42. The number of aromatic nitrogens is 3. The molecule has 4 heteroatoms. The van der Waals surface area contributed by atoms with Gasteiger partial charge in [0.1, 0.15) is 0 Å². The molecule has 3 rings (SSSR count). The molecule has 1 fully saturated rings. The van der Waals surface area contributed by atoms with Crippen molar-refractivity contribution in [3.8, 4) is 11.4 Å². The molecule has 0 atom stereocenters. The molecule has 1 N–H and O–H groups in total. The Balaban J connectivity index is 1.92. The fourth-order valence-electron chi connectivity index (χ4n) is 2.62. The van der Waals surface area contributed by atoms with Crippen LogP contribution in [0.3, 0.4) is 0 Å². The van der Waals surface area contributed by atoms with Crippen LogP contribution in [0.2, 0.25) is 0 Å². The zero-order valence-corrected chi connectivity index (χ0v) is 13.2. The van der Waals surface area contributed by atoms with E-state index in [0.717, 1.165) is 40.7 Å². The van der Waals surface area contributed by atoms with Gasteiger partial charge in [0.05, 0.1) is 0 Å². The fraction of sp³-hybridized carbons (Fsp3) is 0.471. The minimum absolute atomic E-state index is 0.703. The van der Waals surface area contributed by atoms with Crippen molar-refractivity contribution in [3.63, 3.8) is 0 Å². The van der Waals surface area contributed by atoms with Gasteiger partial charge in [0.2, 0.25) is 0 Å². The zero-order valence-electron chi connectivity index (χ0n) is 13.2. The number of hydrogen-bond acceptors (Lipinski definition) is 4.